The van der Waals surface area contributed by atoms with Crippen LogP contribution in [0.25, 0.3) is 11.0 Å². The molecule has 1 aromatic carbocycles. The van der Waals surface area contributed by atoms with E-state index >= 15 is 0 Å². The maximum Gasteiger partial charge on any atom is 0.195 e. The van der Waals surface area contributed by atoms with Crippen LogP contribution in [0.1, 0.15) is 12.0 Å². The van der Waals surface area contributed by atoms with Crippen LogP contribution in [0.15, 0.2) is 33.7 Å². The molecule has 0 aliphatic rings. The molecule has 0 spiro atoms. The molecule has 0 saturated heterocycles. The van der Waals surface area contributed by atoms with Gasteiger partial charge in [-0.1, -0.05) is 0 Å². The third-order valence-corrected chi connectivity index (χ3v) is 2.73. The number of halogens is 1. The number of fused-ring (bicyclic) bond motifs is 1. The van der Waals surface area contributed by atoms with Crippen LogP contribution in [0.3, 0.4) is 0 Å². The highest BCUT2D eigenvalue weighted by molar-refractivity contribution is 6.17. The number of rotatable bonds is 4. The molecule has 0 fully saturated rings. The topological polar surface area (TPSA) is 39.4 Å². The molecule has 0 saturated carbocycles. The summed E-state index contributed by atoms with van der Waals surface area (Å²) >= 11 is 5.56. The van der Waals surface area contributed by atoms with Gasteiger partial charge in [0.25, 0.3) is 0 Å². The predicted molar refractivity (Wildman–Crippen MR) is 68.1 cm³/mol. The minimum atomic E-state index is -0.00134. The lowest BCUT2D eigenvalue weighted by Crippen LogP contribution is -2.04. The Morgan fingerprint density at radius 2 is 2.24 bits per heavy atom. The molecule has 3 nitrogen and oxygen atoms in total. The van der Waals surface area contributed by atoms with Crippen molar-refractivity contribution in [3.8, 4) is 5.75 Å². The summed E-state index contributed by atoms with van der Waals surface area (Å²) in [5.41, 5.74) is 1.15. The van der Waals surface area contributed by atoms with Gasteiger partial charge in [0.1, 0.15) is 11.3 Å². The second-order valence-corrected chi connectivity index (χ2v) is 4.17. The lowest BCUT2D eigenvalue weighted by atomic mass is 10.2. The Labute approximate surface area is 104 Å². The van der Waals surface area contributed by atoms with Gasteiger partial charge in [0.05, 0.1) is 18.3 Å². The van der Waals surface area contributed by atoms with Crippen molar-refractivity contribution >= 4 is 22.6 Å². The lowest BCUT2D eigenvalue weighted by Gasteiger charge is -2.05. The number of benzene rings is 1. The first-order chi connectivity index (χ1) is 8.22. The van der Waals surface area contributed by atoms with Gasteiger partial charge in [-0.15, -0.1) is 11.6 Å². The molecule has 0 N–H and O–H groups in total. The Kier molecular flexibility index (Phi) is 3.69. The molecule has 0 unspecified atom stereocenters. The van der Waals surface area contributed by atoms with Crippen LogP contribution in [-0.2, 0) is 0 Å². The van der Waals surface area contributed by atoms with Gasteiger partial charge in [0.15, 0.2) is 5.43 Å². The quantitative estimate of drug-likeness (QED) is 0.620. The van der Waals surface area contributed by atoms with Gasteiger partial charge in [0.2, 0.25) is 0 Å². The van der Waals surface area contributed by atoms with Crippen LogP contribution in [-0.4, -0.2) is 12.5 Å². The largest absolute Gasteiger partial charge is 0.493 e. The van der Waals surface area contributed by atoms with Gasteiger partial charge in [0, 0.05) is 17.5 Å². The fraction of sp³-hybridized carbons (Fsp3) is 0.308. The van der Waals surface area contributed by atoms with Crippen LogP contribution in [0, 0.1) is 6.92 Å². The van der Waals surface area contributed by atoms with Crippen molar-refractivity contribution in [3.05, 3.63) is 40.2 Å². The summed E-state index contributed by atoms with van der Waals surface area (Å²) in [5, 5.41) is 0.578. The number of aryl methyl sites for hydroxylation is 1. The molecule has 0 radical (unpaired) electrons. The van der Waals surface area contributed by atoms with Crippen LogP contribution in [0.5, 0.6) is 5.75 Å². The molecule has 0 amide bonds. The molecule has 2 aromatic rings. The summed E-state index contributed by atoms with van der Waals surface area (Å²) in [6.45, 7) is 2.29. The molecule has 0 bridgehead atoms. The second kappa shape index (κ2) is 5.23. The van der Waals surface area contributed by atoms with Crippen LogP contribution < -0.4 is 10.2 Å². The molecule has 4 heteroatoms. The van der Waals surface area contributed by atoms with Crippen molar-refractivity contribution in [2.24, 2.45) is 0 Å². The van der Waals surface area contributed by atoms with Gasteiger partial charge >= 0.3 is 0 Å². The third kappa shape index (κ3) is 2.61. The summed E-state index contributed by atoms with van der Waals surface area (Å²) in [6, 6.07) is 5.22. The lowest BCUT2D eigenvalue weighted by molar-refractivity contribution is 0.318. The molecule has 2 rings (SSSR count). The van der Waals surface area contributed by atoms with E-state index in [0.717, 1.165) is 6.42 Å². The van der Waals surface area contributed by atoms with Gasteiger partial charge in [-0.25, -0.2) is 0 Å². The molecule has 17 heavy (non-hydrogen) atoms. The van der Waals surface area contributed by atoms with E-state index in [0.29, 0.717) is 34.8 Å². The summed E-state index contributed by atoms with van der Waals surface area (Å²) in [6.07, 6.45) is 2.25. The molecule has 90 valence electrons. The Balaban J connectivity index is 2.32. The first-order valence-electron chi connectivity index (χ1n) is 5.43. The van der Waals surface area contributed by atoms with Crippen molar-refractivity contribution in [2.45, 2.75) is 13.3 Å². The third-order valence-electron chi connectivity index (χ3n) is 2.47. The first kappa shape index (κ1) is 12.0. The minimum Gasteiger partial charge on any atom is -0.493 e. The van der Waals surface area contributed by atoms with E-state index in [2.05, 4.69) is 0 Å². The van der Waals surface area contributed by atoms with Gasteiger partial charge in [-0.2, -0.15) is 0 Å². The highest BCUT2D eigenvalue weighted by Gasteiger charge is 2.04. The summed E-state index contributed by atoms with van der Waals surface area (Å²) < 4.78 is 10.8. The fourth-order valence-corrected chi connectivity index (χ4v) is 1.65. The normalized spacial score (nSPS) is 10.7. The Morgan fingerprint density at radius 1 is 1.41 bits per heavy atom. The number of alkyl halides is 1. The van der Waals surface area contributed by atoms with E-state index in [1.165, 1.54) is 6.26 Å². The van der Waals surface area contributed by atoms with E-state index in [-0.39, 0.29) is 5.43 Å². The maximum atomic E-state index is 11.8. The number of hydrogen-bond donors (Lipinski definition) is 0. The van der Waals surface area contributed by atoms with E-state index < -0.39 is 0 Å². The van der Waals surface area contributed by atoms with Crippen LogP contribution >= 0.6 is 11.6 Å². The fourth-order valence-electron chi connectivity index (χ4n) is 1.54. The Bertz CT molecular complexity index is 574. The zero-order valence-corrected chi connectivity index (χ0v) is 10.3. The van der Waals surface area contributed by atoms with Gasteiger partial charge < -0.3 is 9.15 Å². The zero-order chi connectivity index (χ0) is 12.3. The highest BCUT2D eigenvalue weighted by atomic mass is 35.5. The molecule has 0 aliphatic carbocycles. The van der Waals surface area contributed by atoms with Crippen molar-refractivity contribution in [1.82, 2.24) is 0 Å². The van der Waals surface area contributed by atoms with Crippen molar-refractivity contribution in [3.63, 3.8) is 0 Å². The van der Waals surface area contributed by atoms with E-state index in [1.807, 2.05) is 0 Å². The van der Waals surface area contributed by atoms with Gasteiger partial charge in [-0.05, 0) is 25.5 Å². The molecular formula is C13H13ClO3. The summed E-state index contributed by atoms with van der Waals surface area (Å²) in [4.78, 5) is 11.8. The summed E-state index contributed by atoms with van der Waals surface area (Å²) in [5.74, 6) is 1.26. The summed E-state index contributed by atoms with van der Waals surface area (Å²) in [7, 11) is 0. The van der Waals surface area contributed by atoms with Crippen LogP contribution in [0.2, 0.25) is 0 Å². The SMILES string of the molecule is Cc1coc2cc(OCCCCl)ccc2c1=O. The van der Waals surface area contributed by atoms with Crippen molar-refractivity contribution < 1.29 is 9.15 Å². The van der Waals surface area contributed by atoms with Gasteiger partial charge in [-0.3, -0.25) is 4.79 Å². The standard InChI is InChI=1S/C13H13ClO3/c1-9-8-17-12-7-10(16-6-2-5-14)3-4-11(12)13(9)15/h3-4,7-8H,2,5-6H2,1H3. The predicted octanol–water partition coefficient (Wildman–Crippen LogP) is 3.11. The van der Waals surface area contributed by atoms with Crippen molar-refractivity contribution in [2.75, 3.05) is 12.5 Å². The molecule has 0 aliphatic heterocycles. The minimum absolute atomic E-state index is 0.00134. The smallest absolute Gasteiger partial charge is 0.195 e. The molecule has 0 atom stereocenters. The maximum absolute atomic E-state index is 11.8. The Morgan fingerprint density at radius 3 is 3.00 bits per heavy atom. The Hall–Kier alpha value is -1.48. The number of ether oxygens (including phenoxy) is 1. The van der Waals surface area contributed by atoms with E-state index in [4.69, 9.17) is 20.8 Å². The first-order valence-corrected chi connectivity index (χ1v) is 5.97. The average Bonchev–Trinajstić information content (AvgIpc) is 2.34. The van der Waals surface area contributed by atoms with E-state index in [1.54, 1.807) is 25.1 Å². The molecule has 1 heterocycles. The zero-order valence-electron chi connectivity index (χ0n) is 9.53. The monoisotopic (exact) mass is 252 g/mol. The average molecular weight is 253 g/mol. The molecular weight excluding hydrogens is 240 g/mol. The second-order valence-electron chi connectivity index (χ2n) is 3.80. The highest BCUT2D eigenvalue weighted by Crippen LogP contribution is 2.19. The van der Waals surface area contributed by atoms with E-state index in [9.17, 15) is 4.79 Å². The molecule has 1 aromatic heterocycles. The van der Waals surface area contributed by atoms with Crippen molar-refractivity contribution in [1.29, 1.82) is 0 Å². The van der Waals surface area contributed by atoms with Crippen LogP contribution in [0.4, 0.5) is 0 Å². The number of hydrogen-bond acceptors (Lipinski definition) is 3.